The molecular weight excluding hydrogens is 232 g/mol. The summed E-state index contributed by atoms with van der Waals surface area (Å²) in [5.74, 6) is 0. The van der Waals surface area contributed by atoms with Crippen LogP contribution in [-0.4, -0.2) is 22.7 Å². The van der Waals surface area contributed by atoms with Gasteiger partial charge >= 0.3 is 0 Å². The third kappa shape index (κ3) is 3.08. The van der Waals surface area contributed by atoms with Crippen molar-refractivity contribution < 1.29 is 10.0 Å². The van der Waals surface area contributed by atoms with E-state index in [-0.39, 0.29) is 10.7 Å². The first-order valence-electron chi connectivity index (χ1n) is 4.78. The van der Waals surface area contributed by atoms with Gasteiger partial charge in [-0.25, -0.2) is 0 Å². The number of aryl methyl sites for hydroxylation is 1. The van der Waals surface area contributed by atoms with Gasteiger partial charge in [0.15, 0.2) is 0 Å². The summed E-state index contributed by atoms with van der Waals surface area (Å²) in [4.78, 5) is 10.1. The van der Waals surface area contributed by atoms with Crippen LogP contribution in [0.25, 0.3) is 0 Å². The Labute approximate surface area is 98.2 Å². The molecule has 0 aromatic heterocycles. The number of nitrogens with zero attached hydrogens (tertiary/aromatic N) is 1. The smallest absolute Gasteiger partial charge is 0.271 e. The van der Waals surface area contributed by atoms with Crippen molar-refractivity contribution in [2.24, 2.45) is 0 Å². The van der Waals surface area contributed by atoms with E-state index in [0.29, 0.717) is 17.8 Å². The molecule has 1 aromatic rings. The van der Waals surface area contributed by atoms with Crippen LogP contribution >= 0.6 is 11.6 Å². The largest absolute Gasteiger partial charge is 0.392 e. The number of rotatable bonds is 4. The second kappa shape index (κ2) is 5.14. The van der Waals surface area contributed by atoms with E-state index in [0.717, 1.165) is 0 Å². The second-order valence-corrected chi connectivity index (χ2v) is 4.01. The van der Waals surface area contributed by atoms with Crippen LogP contribution in [0.4, 0.5) is 11.4 Å². The molecule has 0 radical (unpaired) electrons. The van der Waals surface area contributed by atoms with E-state index in [1.807, 2.05) is 0 Å². The number of nitrogens with one attached hydrogen (secondary N) is 1. The number of aliphatic hydroxyl groups excluding tert-OH is 1. The molecule has 0 saturated heterocycles. The predicted octanol–water partition coefficient (Wildman–Crippen LogP) is 2.35. The maximum absolute atomic E-state index is 10.6. The van der Waals surface area contributed by atoms with Crippen LogP contribution in [-0.2, 0) is 0 Å². The highest BCUT2D eigenvalue weighted by Gasteiger charge is 2.13. The van der Waals surface area contributed by atoms with Crippen LogP contribution < -0.4 is 5.32 Å². The quantitative estimate of drug-likeness (QED) is 0.630. The second-order valence-electron chi connectivity index (χ2n) is 3.61. The number of hydrogen-bond donors (Lipinski definition) is 2. The highest BCUT2D eigenvalue weighted by molar-refractivity contribution is 6.33. The fraction of sp³-hybridized carbons (Fsp3) is 0.400. The van der Waals surface area contributed by atoms with Crippen molar-refractivity contribution in [2.75, 3.05) is 11.9 Å². The summed E-state index contributed by atoms with van der Waals surface area (Å²) in [6, 6.07) is 2.73. The maximum atomic E-state index is 10.6. The van der Waals surface area contributed by atoms with Crippen LogP contribution in [0.2, 0.25) is 5.02 Å². The highest BCUT2D eigenvalue weighted by Crippen LogP contribution is 2.30. The number of anilines is 1. The normalized spacial score (nSPS) is 12.2. The molecular formula is C10H13ClN2O3. The van der Waals surface area contributed by atoms with Crippen molar-refractivity contribution in [3.05, 3.63) is 32.8 Å². The average molecular weight is 245 g/mol. The van der Waals surface area contributed by atoms with Crippen molar-refractivity contribution in [1.82, 2.24) is 0 Å². The maximum Gasteiger partial charge on any atom is 0.271 e. The first kappa shape index (κ1) is 12.7. The molecule has 0 aliphatic heterocycles. The predicted molar refractivity (Wildman–Crippen MR) is 63.0 cm³/mol. The molecule has 0 amide bonds. The van der Waals surface area contributed by atoms with Crippen LogP contribution in [0, 0.1) is 17.0 Å². The fourth-order valence-corrected chi connectivity index (χ4v) is 1.63. The molecule has 5 nitrogen and oxygen atoms in total. The summed E-state index contributed by atoms with van der Waals surface area (Å²) in [6.45, 7) is 3.71. The molecule has 0 spiro atoms. The van der Waals surface area contributed by atoms with Gasteiger partial charge in [-0.2, -0.15) is 0 Å². The third-order valence-electron chi connectivity index (χ3n) is 2.06. The summed E-state index contributed by atoms with van der Waals surface area (Å²) in [6.07, 6.45) is -0.509. The molecule has 0 heterocycles. The monoisotopic (exact) mass is 244 g/mol. The zero-order chi connectivity index (χ0) is 12.3. The number of nitro benzene ring substituents is 1. The minimum Gasteiger partial charge on any atom is -0.392 e. The van der Waals surface area contributed by atoms with Gasteiger partial charge in [0.2, 0.25) is 0 Å². The molecule has 0 unspecified atom stereocenters. The number of benzene rings is 1. The van der Waals surface area contributed by atoms with Gasteiger partial charge in [0, 0.05) is 18.7 Å². The standard InChI is InChI=1S/C10H13ClN2O3/c1-6-3-8(13(15)16)4-9(11)10(6)12-5-7(2)14/h3-4,7,12,14H,5H2,1-2H3/t7-/m1/s1. The minimum absolute atomic E-state index is 0.0369. The van der Waals surface area contributed by atoms with Gasteiger partial charge < -0.3 is 10.4 Å². The highest BCUT2D eigenvalue weighted by atomic mass is 35.5. The van der Waals surface area contributed by atoms with Gasteiger partial charge in [-0.1, -0.05) is 11.6 Å². The number of halogens is 1. The van der Waals surface area contributed by atoms with E-state index >= 15 is 0 Å². The Hall–Kier alpha value is -1.33. The van der Waals surface area contributed by atoms with Crippen molar-refractivity contribution in [1.29, 1.82) is 0 Å². The van der Waals surface area contributed by atoms with Gasteiger partial charge in [-0.05, 0) is 19.4 Å². The van der Waals surface area contributed by atoms with Crippen molar-refractivity contribution in [3.8, 4) is 0 Å². The Balaban J connectivity index is 2.98. The van der Waals surface area contributed by atoms with Crippen LogP contribution in [0.5, 0.6) is 0 Å². The molecule has 6 heteroatoms. The molecule has 0 bridgehead atoms. The number of hydrogen-bond acceptors (Lipinski definition) is 4. The van der Waals surface area contributed by atoms with Gasteiger partial charge in [-0.15, -0.1) is 0 Å². The molecule has 0 aliphatic rings. The van der Waals surface area contributed by atoms with Gasteiger partial charge in [-0.3, -0.25) is 10.1 Å². The topological polar surface area (TPSA) is 75.4 Å². The van der Waals surface area contributed by atoms with Crippen LogP contribution in [0.15, 0.2) is 12.1 Å². The lowest BCUT2D eigenvalue weighted by Crippen LogP contribution is -2.16. The Morgan fingerprint density at radius 1 is 1.62 bits per heavy atom. The van der Waals surface area contributed by atoms with E-state index in [9.17, 15) is 10.1 Å². The lowest BCUT2D eigenvalue weighted by atomic mass is 10.1. The van der Waals surface area contributed by atoms with Gasteiger partial charge in [0.1, 0.15) is 0 Å². The fourth-order valence-electron chi connectivity index (χ4n) is 1.31. The molecule has 16 heavy (non-hydrogen) atoms. The van der Waals surface area contributed by atoms with Crippen molar-refractivity contribution in [2.45, 2.75) is 20.0 Å². The Morgan fingerprint density at radius 2 is 2.25 bits per heavy atom. The Bertz CT molecular complexity index is 384. The molecule has 0 saturated carbocycles. The summed E-state index contributed by atoms with van der Waals surface area (Å²) >= 11 is 5.91. The first-order valence-corrected chi connectivity index (χ1v) is 5.16. The molecule has 2 N–H and O–H groups in total. The number of non-ortho nitro benzene ring substituents is 1. The Morgan fingerprint density at radius 3 is 2.69 bits per heavy atom. The molecule has 0 fully saturated rings. The third-order valence-corrected chi connectivity index (χ3v) is 2.36. The van der Waals surface area contributed by atoms with E-state index in [2.05, 4.69) is 5.32 Å². The van der Waals surface area contributed by atoms with E-state index < -0.39 is 11.0 Å². The lowest BCUT2D eigenvalue weighted by Gasteiger charge is -2.12. The summed E-state index contributed by atoms with van der Waals surface area (Å²) in [5.41, 5.74) is 1.26. The van der Waals surface area contributed by atoms with Gasteiger partial charge in [0.25, 0.3) is 5.69 Å². The SMILES string of the molecule is Cc1cc([N+](=O)[O-])cc(Cl)c1NC[C@@H](C)O. The van der Waals surface area contributed by atoms with E-state index in [1.165, 1.54) is 12.1 Å². The van der Waals surface area contributed by atoms with Crippen molar-refractivity contribution >= 4 is 23.0 Å². The molecule has 1 rings (SSSR count). The average Bonchev–Trinajstić information content (AvgIpc) is 2.15. The number of aliphatic hydroxyl groups is 1. The lowest BCUT2D eigenvalue weighted by molar-refractivity contribution is -0.384. The Kier molecular flexibility index (Phi) is 4.09. The minimum atomic E-state index is -0.509. The number of nitro groups is 1. The van der Waals surface area contributed by atoms with Crippen LogP contribution in [0.1, 0.15) is 12.5 Å². The zero-order valence-corrected chi connectivity index (χ0v) is 9.78. The molecule has 1 aromatic carbocycles. The van der Waals surface area contributed by atoms with E-state index in [4.69, 9.17) is 16.7 Å². The van der Waals surface area contributed by atoms with E-state index in [1.54, 1.807) is 13.8 Å². The summed E-state index contributed by atoms with van der Waals surface area (Å²) in [5, 5.41) is 22.9. The first-order chi connectivity index (χ1) is 7.41. The van der Waals surface area contributed by atoms with Crippen LogP contribution in [0.3, 0.4) is 0 Å². The zero-order valence-electron chi connectivity index (χ0n) is 9.03. The van der Waals surface area contributed by atoms with Gasteiger partial charge in [0.05, 0.1) is 21.7 Å². The molecule has 1 atom stereocenters. The summed E-state index contributed by atoms with van der Waals surface area (Å²) in [7, 11) is 0. The van der Waals surface area contributed by atoms with Crippen molar-refractivity contribution in [3.63, 3.8) is 0 Å². The molecule has 88 valence electrons. The summed E-state index contributed by atoms with van der Waals surface area (Å²) < 4.78 is 0. The molecule has 0 aliphatic carbocycles.